The first kappa shape index (κ1) is 19.6. The fraction of sp³-hybridized carbons (Fsp3) is 0.190. The number of nitrogens with zero attached hydrogens (tertiary/aromatic N) is 2. The molecule has 2 aromatic carbocycles. The summed E-state index contributed by atoms with van der Waals surface area (Å²) in [5.41, 5.74) is 3.19. The zero-order valence-corrected chi connectivity index (χ0v) is 16.7. The third-order valence-corrected chi connectivity index (χ3v) is 4.92. The van der Waals surface area contributed by atoms with Crippen molar-refractivity contribution in [1.29, 1.82) is 0 Å². The number of thiazole rings is 1. The van der Waals surface area contributed by atoms with Gasteiger partial charge in [-0.1, -0.05) is 0 Å². The van der Waals surface area contributed by atoms with Gasteiger partial charge in [0.1, 0.15) is 10.8 Å². The number of rotatable bonds is 6. The Hall–Kier alpha value is -3.19. The molecule has 1 aromatic heterocycles. The zero-order valence-electron chi connectivity index (χ0n) is 15.9. The molecule has 0 saturated carbocycles. The highest BCUT2D eigenvalue weighted by Crippen LogP contribution is 2.25. The molecule has 3 aromatic rings. The smallest absolute Gasteiger partial charge is 0.262 e. The highest BCUT2D eigenvalue weighted by Gasteiger charge is 2.09. The number of aryl methyl sites for hydroxylation is 1. The molecule has 0 aliphatic carbocycles. The van der Waals surface area contributed by atoms with Crippen LogP contribution in [0.15, 0.2) is 53.9 Å². The van der Waals surface area contributed by atoms with E-state index in [-0.39, 0.29) is 18.4 Å². The Balaban J connectivity index is 1.52. The second-order valence-corrected chi connectivity index (χ2v) is 7.29. The van der Waals surface area contributed by atoms with E-state index >= 15 is 0 Å². The molecule has 28 heavy (non-hydrogen) atoms. The lowest BCUT2D eigenvalue weighted by Crippen LogP contribution is -2.22. The fourth-order valence-corrected chi connectivity index (χ4v) is 3.28. The maximum absolute atomic E-state index is 12.1. The molecule has 0 aliphatic rings. The van der Waals surface area contributed by atoms with Gasteiger partial charge >= 0.3 is 0 Å². The van der Waals surface area contributed by atoms with Crippen molar-refractivity contribution in [3.8, 4) is 16.3 Å². The largest absolute Gasteiger partial charge is 0.484 e. The molecule has 2 amide bonds. The van der Waals surface area contributed by atoms with Crippen LogP contribution in [0.1, 0.15) is 16.1 Å². The van der Waals surface area contributed by atoms with Gasteiger partial charge in [-0.3, -0.25) is 9.59 Å². The monoisotopic (exact) mass is 395 g/mol. The van der Waals surface area contributed by atoms with Crippen molar-refractivity contribution in [2.75, 3.05) is 26.0 Å². The number of benzene rings is 2. The maximum Gasteiger partial charge on any atom is 0.262 e. The van der Waals surface area contributed by atoms with Crippen LogP contribution in [0.25, 0.3) is 10.6 Å². The summed E-state index contributed by atoms with van der Waals surface area (Å²) in [5, 5.41) is 5.71. The second-order valence-electron chi connectivity index (χ2n) is 6.43. The Kier molecular flexibility index (Phi) is 6.06. The molecule has 0 radical (unpaired) electrons. The molecule has 0 atom stereocenters. The van der Waals surface area contributed by atoms with Crippen LogP contribution in [0.4, 0.5) is 5.69 Å². The molecule has 0 spiro atoms. The normalized spacial score (nSPS) is 10.4. The summed E-state index contributed by atoms with van der Waals surface area (Å²) < 4.78 is 5.54. The van der Waals surface area contributed by atoms with Crippen LogP contribution >= 0.6 is 11.3 Å². The lowest BCUT2D eigenvalue weighted by atomic mass is 10.2. The summed E-state index contributed by atoms with van der Waals surface area (Å²) in [6.07, 6.45) is 0. The van der Waals surface area contributed by atoms with E-state index in [9.17, 15) is 9.59 Å². The second kappa shape index (κ2) is 8.67. The number of carbonyl (C=O) groups is 2. The molecule has 7 heteroatoms. The molecule has 1 heterocycles. The van der Waals surface area contributed by atoms with E-state index in [0.717, 1.165) is 16.3 Å². The number of carbonyl (C=O) groups excluding carboxylic acids is 2. The van der Waals surface area contributed by atoms with E-state index in [1.807, 2.05) is 36.6 Å². The van der Waals surface area contributed by atoms with Gasteiger partial charge in [0.2, 0.25) is 0 Å². The van der Waals surface area contributed by atoms with Crippen LogP contribution in [0.2, 0.25) is 0 Å². The maximum atomic E-state index is 12.1. The topological polar surface area (TPSA) is 71.5 Å². The molecular formula is C21H21N3O3S. The number of amides is 2. The predicted molar refractivity (Wildman–Crippen MR) is 111 cm³/mol. The molecule has 144 valence electrons. The number of aromatic nitrogens is 1. The van der Waals surface area contributed by atoms with Gasteiger partial charge in [0, 0.05) is 42.0 Å². The van der Waals surface area contributed by atoms with Crippen LogP contribution in [0, 0.1) is 6.92 Å². The van der Waals surface area contributed by atoms with Crippen LogP contribution in [0.3, 0.4) is 0 Å². The van der Waals surface area contributed by atoms with E-state index in [0.29, 0.717) is 17.0 Å². The number of hydrogen-bond donors (Lipinski definition) is 1. The van der Waals surface area contributed by atoms with Crippen molar-refractivity contribution >= 4 is 28.8 Å². The first-order valence-corrected chi connectivity index (χ1v) is 9.57. The fourth-order valence-electron chi connectivity index (χ4n) is 2.48. The lowest BCUT2D eigenvalue weighted by molar-refractivity contribution is -0.118. The molecule has 0 fully saturated rings. The minimum Gasteiger partial charge on any atom is -0.484 e. The van der Waals surface area contributed by atoms with Crippen LogP contribution in [0.5, 0.6) is 5.75 Å². The summed E-state index contributed by atoms with van der Waals surface area (Å²) >= 11 is 1.59. The van der Waals surface area contributed by atoms with E-state index in [1.165, 1.54) is 4.90 Å². The molecule has 3 rings (SSSR count). The highest BCUT2D eigenvalue weighted by molar-refractivity contribution is 7.13. The highest BCUT2D eigenvalue weighted by atomic mass is 32.1. The number of hydrogen-bond acceptors (Lipinski definition) is 5. The van der Waals surface area contributed by atoms with Crippen molar-refractivity contribution < 1.29 is 14.3 Å². The van der Waals surface area contributed by atoms with Crippen molar-refractivity contribution in [1.82, 2.24) is 9.88 Å². The summed E-state index contributed by atoms with van der Waals surface area (Å²) in [6.45, 7) is 1.86. The minimum atomic E-state index is -0.272. The first-order chi connectivity index (χ1) is 13.4. The zero-order chi connectivity index (χ0) is 20.1. The van der Waals surface area contributed by atoms with Gasteiger partial charge in [0.15, 0.2) is 6.61 Å². The molecule has 0 bridgehead atoms. The average molecular weight is 395 g/mol. The van der Waals surface area contributed by atoms with E-state index in [1.54, 1.807) is 49.7 Å². The number of ether oxygens (including phenoxy) is 1. The Bertz CT molecular complexity index is 963. The van der Waals surface area contributed by atoms with Gasteiger partial charge in [-0.05, 0) is 55.5 Å². The van der Waals surface area contributed by atoms with E-state index in [2.05, 4.69) is 10.3 Å². The summed E-state index contributed by atoms with van der Waals surface area (Å²) in [7, 11) is 3.39. The van der Waals surface area contributed by atoms with Gasteiger partial charge in [0.05, 0.1) is 0 Å². The van der Waals surface area contributed by atoms with E-state index < -0.39 is 0 Å². The molecule has 0 unspecified atom stereocenters. The van der Waals surface area contributed by atoms with Crippen molar-refractivity contribution in [3.63, 3.8) is 0 Å². The van der Waals surface area contributed by atoms with Crippen molar-refractivity contribution in [3.05, 3.63) is 65.2 Å². The number of anilines is 1. The van der Waals surface area contributed by atoms with Crippen molar-refractivity contribution in [2.45, 2.75) is 6.92 Å². The molecular weight excluding hydrogens is 374 g/mol. The number of nitrogens with one attached hydrogen (secondary N) is 1. The quantitative estimate of drug-likeness (QED) is 0.688. The lowest BCUT2D eigenvalue weighted by Gasteiger charge is -2.11. The molecule has 6 nitrogen and oxygen atoms in total. The Labute approximate surface area is 167 Å². The minimum absolute atomic E-state index is 0.0856. The van der Waals surface area contributed by atoms with Crippen molar-refractivity contribution in [2.24, 2.45) is 0 Å². The van der Waals surface area contributed by atoms with Crippen LogP contribution in [-0.2, 0) is 4.79 Å². The van der Waals surface area contributed by atoms with E-state index in [4.69, 9.17) is 4.74 Å². The van der Waals surface area contributed by atoms with Gasteiger partial charge in [-0.25, -0.2) is 4.98 Å². The SMILES string of the molecule is Cc1csc(-c2ccc(OCC(=O)Nc3ccc(C(=O)N(C)C)cc3)cc2)n1. The Morgan fingerprint density at radius 1 is 1.07 bits per heavy atom. The molecule has 0 saturated heterocycles. The van der Waals surface area contributed by atoms with Crippen LogP contribution in [-0.4, -0.2) is 42.4 Å². The van der Waals surface area contributed by atoms with Gasteiger partial charge in [-0.2, -0.15) is 0 Å². The van der Waals surface area contributed by atoms with Crippen LogP contribution < -0.4 is 10.1 Å². The standard InChI is InChI=1S/C21H21N3O3S/c1-14-13-28-20(22-14)15-6-10-18(11-7-15)27-12-19(25)23-17-8-4-16(5-9-17)21(26)24(2)3/h4-11,13H,12H2,1-3H3,(H,23,25). The van der Waals surface area contributed by atoms with Gasteiger partial charge in [-0.15, -0.1) is 11.3 Å². The van der Waals surface area contributed by atoms with Gasteiger partial charge in [0.25, 0.3) is 11.8 Å². The molecule has 1 N–H and O–H groups in total. The molecule has 0 aliphatic heterocycles. The summed E-state index contributed by atoms with van der Waals surface area (Å²) in [6, 6.07) is 14.2. The third-order valence-electron chi connectivity index (χ3n) is 3.91. The predicted octanol–water partition coefficient (Wildman–Crippen LogP) is 3.84. The average Bonchev–Trinajstić information content (AvgIpc) is 3.13. The Morgan fingerprint density at radius 3 is 2.32 bits per heavy atom. The summed E-state index contributed by atoms with van der Waals surface area (Å²) in [5.74, 6) is 0.253. The Morgan fingerprint density at radius 2 is 1.75 bits per heavy atom. The third kappa shape index (κ3) is 4.95. The summed E-state index contributed by atoms with van der Waals surface area (Å²) in [4.78, 5) is 29.9. The van der Waals surface area contributed by atoms with Gasteiger partial charge < -0.3 is 15.0 Å². The first-order valence-electron chi connectivity index (χ1n) is 8.69.